The van der Waals surface area contributed by atoms with E-state index < -0.39 is 0 Å². The third-order valence-corrected chi connectivity index (χ3v) is 6.65. The van der Waals surface area contributed by atoms with Gasteiger partial charge in [0, 0.05) is 24.4 Å². The standard InChI is InChI=1S/C23H31N3O3S/c1-6-17-15-18-22(30-17)24-21(26(23(18)27)12-11-25(7-2)8-3)14-16-9-10-19(28-4)20(13-16)29-5/h9-10,13,15H,6-8,11-12,14H2,1-5H3. The molecule has 0 radical (unpaired) electrons. The number of hydrogen-bond donors (Lipinski definition) is 0. The van der Waals surface area contributed by atoms with E-state index in [2.05, 4.69) is 25.7 Å². The highest BCUT2D eigenvalue weighted by Crippen LogP contribution is 2.29. The molecule has 30 heavy (non-hydrogen) atoms. The van der Waals surface area contributed by atoms with Gasteiger partial charge >= 0.3 is 0 Å². The van der Waals surface area contributed by atoms with Crippen molar-refractivity contribution >= 4 is 21.6 Å². The third-order valence-electron chi connectivity index (χ3n) is 5.47. The Morgan fingerprint density at radius 2 is 1.80 bits per heavy atom. The second-order valence-electron chi connectivity index (χ2n) is 7.16. The monoisotopic (exact) mass is 429 g/mol. The zero-order chi connectivity index (χ0) is 21.7. The number of likely N-dealkylation sites (N-methyl/N-ethyl adjacent to an activating group) is 1. The normalized spacial score (nSPS) is 11.4. The Kier molecular flexibility index (Phi) is 7.50. The largest absolute Gasteiger partial charge is 0.493 e. The topological polar surface area (TPSA) is 56.6 Å². The van der Waals surface area contributed by atoms with Gasteiger partial charge in [-0.25, -0.2) is 4.98 Å². The predicted octanol–water partition coefficient (Wildman–Crippen LogP) is 3.97. The molecule has 0 unspecified atom stereocenters. The molecule has 0 atom stereocenters. The van der Waals surface area contributed by atoms with Gasteiger partial charge in [0.1, 0.15) is 10.7 Å². The maximum atomic E-state index is 13.3. The van der Waals surface area contributed by atoms with Gasteiger partial charge in [-0.15, -0.1) is 11.3 Å². The van der Waals surface area contributed by atoms with Gasteiger partial charge in [0.15, 0.2) is 11.5 Å². The second-order valence-corrected chi connectivity index (χ2v) is 8.28. The Morgan fingerprint density at radius 1 is 1.07 bits per heavy atom. The van der Waals surface area contributed by atoms with E-state index >= 15 is 0 Å². The lowest BCUT2D eigenvalue weighted by atomic mass is 10.1. The van der Waals surface area contributed by atoms with Crippen LogP contribution in [-0.4, -0.2) is 48.3 Å². The molecule has 2 aromatic heterocycles. The molecule has 0 aliphatic carbocycles. The van der Waals surface area contributed by atoms with Gasteiger partial charge in [0.2, 0.25) is 0 Å². The van der Waals surface area contributed by atoms with E-state index in [1.807, 2.05) is 28.8 Å². The van der Waals surface area contributed by atoms with Crippen LogP contribution in [-0.2, 0) is 19.4 Å². The number of aryl methyl sites for hydroxylation is 1. The maximum Gasteiger partial charge on any atom is 0.262 e. The highest BCUT2D eigenvalue weighted by Gasteiger charge is 2.16. The molecule has 6 nitrogen and oxygen atoms in total. The van der Waals surface area contributed by atoms with Gasteiger partial charge in [-0.05, 0) is 43.3 Å². The zero-order valence-electron chi connectivity index (χ0n) is 18.5. The first kappa shape index (κ1) is 22.3. The molecule has 0 N–H and O–H groups in total. The summed E-state index contributed by atoms with van der Waals surface area (Å²) in [6.45, 7) is 9.77. The number of fused-ring (bicyclic) bond motifs is 1. The lowest BCUT2D eigenvalue weighted by molar-refractivity contribution is 0.287. The first-order valence-corrected chi connectivity index (χ1v) is 11.3. The van der Waals surface area contributed by atoms with E-state index in [-0.39, 0.29) is 5.56 Å². The van der Waals surface area contributed by atoms with Gasteiger partial charge in [0.05, 0.1) is 19.6 Å². The molecule has 0 aliphatic rings. The average molecular weight is 430 g/mol. The van der Waals surface area contributed by atoms with Gasteiger partial charge in [-0.1, -0.05) is 26.8 Å². The number of nitrogens with zero attached hydrogens (tertiary/aromatic N) is 3. The molecule has 2 heterocycles. The van der Waals surface area contributed by atoms with Crippen LogP contribution in [0.1, 0.15) is 37.0 Å². The van der Waals surface area contributed by atoms with Gasteiger partial charge in [-0.3, -0.25) is 9.36 Å². The lowest BCUT2D eigenvalue weighted by Crippen LogP contribution is -2.33. The van der Waals surface area contributed by atoms with Crippen LogP contribution >= 0.6 is 11.3 Å². The van der Waals surface area contributed by atoms with Crippen LogP contribution in [0.3, 0.4) is 0 Å². The molecule has 1 aromatic carbocycles. The minimum absolute atomic E-state index is 0.0542. The Hall–Kier alpha value is -2.38. The van der Waals surface area contributed by atoms with Crippen LogP contribution in [0, 0.1) is 0 Å². The Balaban J connectivity index is 2.04. The first-order valence-electron chi connectivity index (χ1n) is 10.5. The molecule has 0 amide bonds. The van der Waals surface area contributed by atoms with Crippen LogP contribution in [0.5, 0.6) is 11.5 Å². The van der Waals surface area contributed by atoms with Crippen molar-refractivity contribution in [1.82, 2.24) is 14.5 Å². The summed E-state index contributed by atoms with van der Waals surface area (Å²) < 4.78 is 12.6. The smallest absolute Gasteiger partial charge is 0.262 e. The molecular formula is C23H31N3O3S. The van der Waals surface area contributed by atoms with E-state index in [0.717, 1.165) is 47.7 Å². The molecule has 0 aliphatic heterocycles. The molecule has 0 bridgehead atoms. The number of hydrogen-bond acceptors (Lipinski definition) is 6. The molecule has 0 spiro atoms. The fourth-order valence-corrected chi connectivity index (χ4v) is 4.58. The summed E-state index contributed by atoms with van der Waals surface area (Å²) in [5.74, 6) is 2.16. The van der Waals surface area contributed by atoms with Crippen molar-refractivity contribution in [3.05, 3.63) is 50.9 Å². The van der Waals surface area contributed by atoms with Crippen molar-refractivity contribution < 1.29 is 9.47 Å². The fraction of sp³-hybridized carbons (Fsp3) is 0.478. The van der Waals surface area contributed by atoms with Crippen molar-refractivity contribution in [2.75, 3.05) is 33.9 Å². The van der Waals surface area contributed by atoms with Crippen LogP contribution in [0.25, 0.3) is 10.2 Å². The summed E-state index contributed by atoms with van der Waals surface area (Å²) in [6.07, 6.45) is 1.47. The Labute approximate surface area is 182 Å². The number of methoxy groups -OCH3 is 2. The van der Waals surface area contributed by atoms with Crippen molar-refractivity contribution in [3.8, 4) is 11.5 Å². The van der Waals surface area contributed by atoms with Crippen LogP contribution in [0.4, 0.5) is 0 Å². The summed E-state index contributed by atoms with van der Waals surface area (Å²) >= 11 is 1.61. The van der Waals surface area contributed by atoms with Crippen molar-refractivity contribution in [3.63, 3.8) is 0 Å². The molecule has 3 aromatic rings. The van der Waals surface area contributed by atoms with Gasteiger partial charge < -0.3 is 14.4 Å². The third kappa shape index (κ3) is 4.68. The van der Waals surface area contributed by atoms with E-state index in [1.54, 1.807) is 25.6 Å². The summed E-state index contributed by atoms with van der Waals surface area (Å²) in [7, 11) is 3.25. The quantitative estimate of drug-likeness (QED) is 0.488. The maximum absolute atomic E-state index is 13.3. The number of thiophene rings is 1. The summed E-state index contributed by atoms with van der Waals surface area (Å²) in [4.78, 5) is 22.6. The van der Waals surface area contributed by atoms with Crippen LogP contribution < -0.4 is 15.0 Å². The predicted molar refractivity (Wildman–Crippen MR) is 123 cm³/mol. The van der Waals surface area contributed by atoms with Crippen molar-refractivity contribution in [1.29, 1.82) is 0 Å². The van der Waals surface area contributed by atoms with Gasteiger partial charge in [-0.2, -0.15) is 0 Å². The van der Waals surface area contributed by atoms with E-state index in [1.165, 1.54) is 4.88 Å². The minimum atomic E-state index is 0.0542. The van der Waals surface area contributed by atoms with Crippen molar-refractivity contribution in [2.45, 2.75) is 40.2 Å². The number of ether oxygens (including phenoxy) is 2. The molecule has 0 saturated carbocycles. The van der Waals surface area contributed by atoms with E-state index in [9.17, 15) is 4.79 Å². The highest BCUT2D eigenvalue weighted by atomic mass is 32.1. The number of rotatable bonds is 10. The van der Waals surface area contributed by atoms with E-state index in [0.29, 0.717) is 24.5 Å². The molecule has 0 fully saturated rings. The number of benzene rings is 1. The van der Waals surface area contributed by atoms with E-state index in [4.69, 9.17) is 14.5 Å². The SMILES string of the molecule is CCc1cc2c(=O)n(CCN(CC)CC)c(Cc3ccc(OC)c(OC)c3)nc2s1. The molecular weight excluding hydrogens is 398 g/mol. The molecule has 0 saturated heterocycles. The average Bonchev–Trinajstić information content (AvgIpc) is 3.19. The zero-order valence-corrected chi connectivity index (χ0v) is 19.3. The van der Waals surface area contributed by atoms with Crippen molar-refractivity contribution in [2.24, 2.45) is 0 Å². The van der Waals surface area contributed by atoms with Gasteiger partial charge in [0.25, 0.3) is 5.56 Å². The van der Waals surface area contributed by atoms with Crippen LogP contribution in [0.2, 0.25) is 0 Å². The first-order chi connectivity index (χ1) is 14.5. The Morgan fingerprint density at radius 3 is 2.43 bits per heavy atom. The summed E-state index contributed by atoms with van der Waals surface area (Å²) in [5.41, 5.74) is 1.08. The molecule has 162 valence electrons. The number of aromatic nitrogens is 2. The van der Waals surface area contributed by atoms with Crippen LogP contribution in [0.15, 0.2) is 29.1 Å². The summed E-state index contributed by atoms with van der Waals surface area (Å²) in [6, 6.07) is 7.85. The molecule has 3 rings (SSSR count). The lowest BCUT2D eigenvalue weighted by Gasteiger charge is -2.20. The fourth-order valence-electron chi connectivity index (χ4n) is 3.60. The summed E-state index contributed by atoms with van der Waals surface area (Å²) in [5, 5.41) is 0.729. The highest BCUT2D eigenvalue weighted by molar-refractivity contribution is 7.18. The minimum Gasteiger partial charge on any atom is -0.493 e. The second kappa shape index (κ2) is 10.1. The Bertz CT molecular complexity index is 1050. The molecule has 7 heteroatoms.